The maximum absolute atomic E-state index is 11.2. The summed E-state index contributed by atoms with van der Waals surface area (Å²) in [5, 5.41) is 14.4. The molecule has 0 fully saturated rings. The SMILES string of the molecule is NS(=O)(=O)c1ccc(OCCN2CC=C(c3ccc(O)cc3)CC2)cc1. The zero-order chi connectivity index (χ0) is 18.6. The van der Waals surface area contributed by atoms with Crippen molar-refractivity contribution in [1.29, 1.82) is 0 Å². The molecule has 6 nitrogen and oxygen atoms in total. The molecule has 1 aliphatic rings. The van der Waals surface area contributed by atoms with E-state index >= 15 is 0 Å². The number of hydrogen-bond acceptors (Lipinski definition) is 5. The van der Waals surface area contributed by atoms with E-state index in [0.29, 0.717) is 12.4 Å². The zero-order valence-electron chi connectivity index (χ0n) is 14.3. The van der Waals surface area contributed by atoms with Gasteiger partial charge in [-0.15, -0.1) is 0 Å². The molecule has 0 saturated carbocycles. The van der Waals surface area contributed by atoms with Crippen molar-refractivity contribution in [3.63, 3.8) is 0 Å². The first kappa shape index (κ1) is 18.4. The summed E-state index contributed by atoms with van der Waals surface area (Å²) in [6, 6.07) is 13.4. The summed E-state index contributed by atoms with van der Waals surface area (Å²) in [5.74, 6) is 0.899. The Bertz CT molecular complexity index is 875. The molecule has 138 valence electrons. The lowest BCUT2D eigenvalue weighted by atomic mass is 9.99. The monoisotopic (exact) mass is 374 g/mol. The molecule has 2 aromatic carbocycles. The quantitative estimate of drug-likeness (QED) is 0.809. The predicted octanol–water partition coefficient (Wildman–Crippen LogP) is 2.21. The van der Waals surface area contributed by atoms with Gasteiger partial charge in [-0.3, -0.25) is 4.90 Å². The number of benzene rings is 2. The molecule has 0 bridgehead atoms. The van der Waals surface area contributed by atoms with Gasteiger partial charge in [0.1, 0.15) is 18.1 Å². The van der Waals surface area contributed by atoms with Gasteiger partial charge >= 0.3 is 0 Å². The van der Waals surface area contributed by atoms with Crippen LogP contribution in [0.2, 0.25) is 0 Å². The van der Waals surface area contributed by atoms with Crippen LogP contribution in [0.1, 0.15) is 12.0 Å². The van der Waals surface area contributed by atoms with E-state index in [2.05, 4.69) is 11.0 Å². The number of phenolic OH excluding ortho intramolecular Hbond substituents is 1. The second-order valence-electron chi connectivity index (χ2n) is 6.19. The molecule has 0 spiro atoms. The average Bonchev–Trinajstić information content (AvgIpc) is 2.63. The molecule has 3 N–H and O–H groups in total. The number of nitrogens with zero attached hydrogens (tertiary/aromatic N) is 1. The highest BCUT2D eigenvalue weighted by Gasteiger charge is 2.13. The van der Waals surface area contributed by atoms with E-state index in [1.54, 1.807) is 24.3 Å². The number of nitrogens with two attached hydrogens (primary N) is 1. The molecule has 3 rings (SSSR count). The second kappa shape index (κ2) is 7.90. The Morgan fingerprint density at radius 1 is 1.08 bits per heavy atom. The Morgan fingerprint density at radius 3 is 2.35 bits per heavy atom. The predicted molar refractivity (Wildman–Crippen MR) is 100 cm³/mol. The number of primary sulfonamides is 1. The van der Waals surface area contributed by atoms with Gasteiger partial charge in [-0.05, 0) is 54.0 Å². The first-order chi connectivity index (χ1) is 12.4. The highest BCUT2D eigenvalue weighted by molar-refractivity contribution is 7.89. The Kier molecular flexibility index (Phi) is 5.61. The molecule has 0 atom stereocenters. The van der Waals surface area contributed by atoms with Crippen LogP contribution >= 0.6 is 0 Å². The van der Waals surface area contributed by atoms with Gasteiger partial charge < -0.3 is 9.84 Å². The lowest BCUT2D eigenvalue weighted by Gasteiger charge is -2.26. The molecule has 0 amide bonds. The molecular weight excluding hydrogens is 352 g/mol. The third-order valence-corrected chi connectivity index (χ3v) is 5.29. The highest BCUT2D eigenvalue weighted by atomic mass is 32.2. The maximum Gasteiger partial charge on any atom is 0.238 e. The number of phenols is 1. The fourth-order valence-corrected chi connectivity index (χ4v) is 3.39. The molecule has 2 aromatic rings. The fourth-order valence-electron chi connectivity index (χ4n) is 2.87. The molecule has 1 heterocycles. The summed E-state index contributed by atoms with van der Waals surface area (Å²) in [7, 11) is -3.67. The van der Waals surface area contributed by atoms with Crippen molar-refractivity contribution in [1.82, 2.24) is 4.90 Å². The maximum atomic E-state index is 11.2. The third-order valence-electron chi connectivity index (χ3n) is 4.36. The number of rotatable bonds is 6. The standard InChI is InChI=1S/C19H22N2O4S/c20-26(23,24)19-7-5-18(6-8-19)25-14-13-21-11-9-16(10-12-21)15-1-3-17(22)4-2-15/h1-9,22H,10-14H2,(H2,20,23,24). The van der Waals surface area contributed by atoms with Crippen molar-refractivity contribution < 1.29 is 18.3 Å². The van der Waals surface area contributed by atoms with Crippen LogP contribution < -0.4 is 9.88 Å². The lowest BCUT2D eigenvalue weighted by Crippen LogP contribution is -2.32. The largest absolute Gasteiger partial charge is 0.508 e. The number of hydrogen-bond donors (Lipinski definition) is 2. The first-order valence-electron chi connectivity index (χ1n) is 8.38. The van der Waals surface area contributed by atoms with Crippen LogP contribution in [-0.2, 0) is 10.0 Å². The minimum absolute atomic E-state index is 0.0766. The smallest absolute Gasteiger partial charge is 0.238 e. The van der Waals surface area contributed by atoms with Crippen molar-refractivity contribution in [2.45, 2.75) is 11.3 Å². The molecule has 0 saturated heterocycles. The molecule has 0 radical (unpaired) electrons. The van der Waals surface area contributed by atoms with E-state index < -0.39 is 10.0 Å². The van der Waals surface area contributed by atoms with Crippen molar-refractivity contribution in [3.05, 3.63) is 60.2 Å². The van der Waals surface area contributed by atoms with E-state index in [4.69, 9.17) is 9.88 Å². The van der Waals surface area contributed by atoms with Gasteiger partial charge in [-0.25, -0.2) is 13.6 Å². The fraction of sp³-hybridized carbons (Fsp3) is 0.263. The summed E-state index contributed by atoms with van der Waals surface area (Å²) in [5.41, 5.74) is 2.44. The van der Waals surface area contributed by atoms with E-state index in [1.807, 2.05) is 12.1 Å². The second-order valence-corrected chi connectivity index (χ2v) is 7.75. The topological polar surface area (TPSA) is 92.9 Å². The molecule has 0 unspecified atom stereocenters. The van der Waals surface area contributed by atoms with Crippen LogP contribution in [0.3, 0.4) is 0 Å². The van der Waals surface area contributed by atoms with Gasteiger partial charge in [0.05, 0.1) is 4.90 Å². The first-order valence-corrected chi connectivity index (χ1v) is 9.93. The normalized spacial score (nSPS) is 15.5. The summed E-state index contributed by atoms with van der Waals surface area (Å²) in [6.45, 7) is 3.11. The molecule has 0 aromatic heterocycles. The van der Waals surface area contributed by atoms with E-state index in [1.165, 1.54) is 17.7 Å². The minimum Gasteiger partial charge on any atom is -0.508 e. The van der Waals surface area contributed by atoms with Crippen LogP contribution in [0.15, 0.2) is 59.5 Å². The third kappa shape index (κ3) is 4.85. The summed E-state index contributed by atoms with van der Waals surface area (Å²) >= 11 is 0. The van der Waals surface area contributed by atoms with Crippen molar-refractivity contribution in [3.8, 4) is 11.5 Å². The van der Waals surface area contributed by atoms with Gasteiger partial charge in [0.15, 0.2) is 0 Å². The minimum atomic E-state index is -3.67. The Hall–Kier alpha value is -2.35. The Labute approximate surface area is 153 Å². The van der Waals surface area contributed by atoms with E-state index in [9.17, 15) is 13.5 Å². The molecule has 26 heavy (non-hydrogen) atoms. The molecule has 0 aliphatic carbocycles. The van der Waals surface area contributed by atoms with Crippen LogP contribution in [0.5, 0.6) is 11.5 Å². The molecular formula is C19H22N2O4S. The van der Waals surface area contributed by atoms with Crippen LogP contribution in [0.25, 0.3) is 5.57 Å². The van der Waals surface area contributed by atoms with Crippen molar-refractivity contribution >= 4 is 15.6 Å². The van der Waals surface area contributed by atoms with Gasteiger partial charge in [0.2, 0.25) is 10.0 Å². The molecule has 1 aliphatic heterocycles. The highest BCUT2D eigenvalue weighted by Crippen LogP contribution is 2.24. The Morgan fingerprint density at radius 2 is 1.77 bits per heavy atom. The average molecular weight is 374 g/mol. The number of aromatic hydroxyl groups is 1. The van der Waals surface area contributed by atoms with Crippen molar-refractivity contribution in [2.24, 2.45) is 5.14 Å². The Balaban J connectivity index is 1.47. The van der Waals surface area contributed by atoms with E-state index in [0.717, 1.165) is 31.6 Å². The molecule has 7 heteroatoms. The van der Waals surface area contributed by atoms with E-state index in [-0.39, 0.29) is 10.6 Å². The van der Waals surface area contributed by atoms with Gasteiger partial charge in [-0.2, -0.15) is 0 Å². The lowest BCUT2D eigenvalue weighted by molar-refractivity contribution is 0.222. The summed E-state index contributed by atoms with van der Waals surface area (Å²) in [6.07, 6.45) is 3.16. The van der Waals surface area contributed by atoms with Crippen LogP contribution in [0.4, 0.5) is 0 Å². The summed E-state index contributed by atoms with van der Waals surface area (Å²) in [4.78, 5) is 2.37. The summed E-state index contributed by atoms with van der Waals surface area (Å²) < 4.78 is 28.1. The van der Waals surface area contributed by atoms with Crippen molar-refractivity contribution in [2.75, 3.05) is 26.2 Å². The zero-order valence-corrected chi connectivity index (χ0v) is 15.2. The number of sulfonamides is 1. The van der Waals surface area contributed by atoms with Gasteiger partial charge in [0, 0.05) is 19.6 Å². The van der Waals surface area contributed by atoms with Crippen LogP contribution in [-0.4, -0.2) is 44.7 Å². The number of ether oxygens (including phenoxy) is 1. The van der Waals surface area contributed by atoms with Gasteiger partial charge in [-0.1, -0.05) is 18.2 Å². The van der Waals surface area contributed by atoms with Gasteiger partial charge in [0.25, 0.3) is 0 Å². The van der Waals surface area contributed by atoms with Crippen LogP contribution in [0, 0.1) is 0 Å².